The van der Waals surface area contributed by atoms with E-state index in [1.165, 1.54) is 12.1 Å². The summed E-state index contributed by atoms with van der Waals surface area (Å²) in [6, 6.07) is 41.5. The van der Waals surface area contributed by atoms with E-state index in [2.05, 4.69) is 58.8 Å². The van der Waals surface area contributed by atoms with Crippen molar-refractivity contribution in [2.45, 2.75) is 10.9 Å². The molecule has 6 aromatic carbocycles. The zero-order valence-electron chi connectivity index (χ0n) is 22.4. The van der Waals surface area contributed by atoms with Crippen molar-refractivity contribution >= 4 is 20.9 Å². The molecule has 2 aliphatic carbocycles. The van der Waals surface area contributed by atoms with Crippen LogP contribution in [0.3, 0.4) is 0 Å². The number of benzene rings is 6. The standard InChI is InChI=1S/C36H21F3O3S/c37-36(38,39)43(40,41)42-25-16-19-26-24(20-25)15-18-30-29-17-14-23(22-8-2-1-3-9-22)21-33(29)35(34(26)30)31-12-6-4-10-27(31)28-11-5-7-13-32(28)35/h1-21H. The SMILES string of the molecule is O=S(=O)(Oc1ccc2c3c(ccc2c1)-c1ccc(-c2ccccc2)cc1C31c2ccccc2-c2ccccc21)C(F)(F)F. The van der Waals surface area contributed by atoms with Crippen LogP contribution in [0, 0.1) is 0 Å². The minimum Gasteiger partial charge on any atom is -0.376 e. The lowest BCUT2D eigenvalue weighted by atomic mass is 9.69. The lowest BCUT2D eigenvalue weighted by molar-refractivity contribution is -0.0500. The highest BCUT2D eigenvalue weighted by Gasteiger charge is 2.52. The van der Waals surface area contributed by atoms with Crippen LogP contribution in [-0.4, -0.2) is 13.9 Å². The van der Waals surface area contributed by atoms with Crippen molar-refractivity contribution in [2.24, 2.45) is 0 Å². The van der Waals surface area contributed by atoms with Crippen LogP contribution in [0.25, 0.3) is 44.2 Å². The molecular formula is C36H21F3O3S. The Morgan fingerprint density at radius 2 is 1.16 bits per heavy atom. The Kier molecular flexibility index (Phi) is 5.29. The Balaban J connectivity index is 1.45. The zero-order chi connectivity index (χ0) is 29.6. The van der Waals surface area contributed by atoms with Crippen molar-refractivity contribution in [3.8, 4) is 39.1 Å². The quantitative estimate of drug-likeness (QED) is 0.152. The second-order valence-electron chi connectivity index (χ2n) is 10.8. The van der Waals surface area contributed by atoms with Crippen molar-refractivity contribution in [3.63, 3.8) is 0 Å². The van der Waals surface area contributed by atoms with Gasteiger partial charge in [0.15, 0.2) is 0 Å². The highest BCUT2D eigenvalue weighted by molar-refractivity contribution is 7.88. The molecule has 0 N–H and O–H groups in total. The molecule has 0 radical (unpaired) electrons. The smallest absolute Gasteiger partial charge is 0.376 e. The van der Waals surface area contributed by atoms with Crippen molar-refractivity contribution < 1.29 is 25.8 Å². The Hall–Kier alpha value is -4.88. The number of alkyl halides is 3. The molecule has 0 saturated carbocycles. The summed E-state index contributed by atoms with van der Waals surface area (Å²) < 4.78 is 67.3. The molecule has 0 aromatic heterocycles. The molecule has 0 bridgehead atoms. The van der Waals surface area contributed by atoms with Crippen LogP contribution >= 0.6 is 0 Å². The number of hydrogen-bond donors (Lipinski definition) is 0. The summed E-state index contributed by atoms with van der Waals surface area (Å²) in [6.45, 7) is 0. The summed E-state index contributed by atoms with van der Waals surface area (Å²) in [5.74, 6) is -0.395. The molecule has 3 nitrogen and oxygen atoms in total. The molecule has 6 aromatic rings. The molecule has 0 amide bonds. The first-order valence-electron chi connectivity index (χ1n) is 13.7. The lowest BCUT2D eigenvalue weighted by Crippen LogP contribution is -2.28. The summed E-state index contributed by atoms with van der Waals surface area (Å²) in [6.07, 6.45) is 0. The van der Waals surface area contributed by atoms with E-state index in [1.807, 2.05) is 54.6 Å². The summed E-state index contributed by atoms with van der Waals surface area (Å²) >= 11 is 0. The zero-order valence-corrected chi connectivity index (χ0v) is 23.2. The normalized spacial score (nSPS) is 14.3. The predicted molar refractivity (Wildman–Crippen MR) is 161 cm³/mol. The molecule has 0 atom stereocenters. The summed E-state index contributed by atoms with van der Waals surface area (Å²) in [7, 11) is -5.81. The molecule has 210 valence electrons. The Morgan fingerprint density at radius 3 is 1.84 bits per heavy atom. The van der Waals surface area contributed by atoms with Gasteiger partial charge in [-0.1, -0.05) is 109 Å². The lowest BCUT2D eigenvalue weighted by Gasteiger charge is -2.31. The Bertz CT molecular complexity index is 2180. The second-order valence-corrected chi connectivity index (χ2v) is 12.4. The summed E-state index contributed by atoms with van der Waals surface area (Å²) in [5.41, 5.74) is 4.63. The molecule has 0 aliphatic heterocycles. The maximum absolute atomic E-state index is 13.1. The highest BCUT2D eigenvalue weighted by Crippen LogP contribution is 2.64. The first kappa shape index (κ1) is 25.8. The average Bonchev–Trinajstić information content (AvgIpc) is 3.47. The number of rotatable bonds is 3. The average molecular weight is 591 g/mol. The van der Waals surface area contributed by atoms with Crippen LogP contribution in [0.1, 0.15) is 22.3 Å². The van der Waals surface area contributed by atoms with Gasteiger partial charge in [-0.15, -0.1) is 0 Å². The molecule has 2 aliphatic rings. The van der Waals surface area contributed by atoms with E-state index < -0.39 is 26.8 Å². The fourth-order valence-electron chi connectivity index (χ4n) is 6.99. The molecule has 0 fully saturated rings. The number of fused-ring (bicyclic) bond motifs is 12. The summed E-state index contributed by atoms with van der Waals surface area (Å²) in [5, 5.41) is 1.38. The van der Waals surface area contributed by atoms with Gasteiger partial charge in [0.25, 0.3) is 0 Å². The minimum atomic E-state index is -5.81. The molecule has 0 unspecified atom stereocenters. The van der Waals surface area contributed by atoms with Gasteiger partial charge in [-0.3, -0.25) is 0 Å². The van der Waals surface area contributed by atoms with Crippen LogP contribution in [0.5, 0.6) is 5.75 Å². The second kappa shape index (κ2) is 8.82. The van der Waals surface area contributed by atoms with E-state index in [-0.39, 0.29) is 0 Å². The van der Waals surface area contributed by atoms with Crippen LogP contribution < -0.4 is 4.18 Å². The largest absolute Gasteiger partial charge is 0.534 e. The topological polar surface area (TPSA) is 43.4 Å². The van der Waals surface area contributed by atoms with Gasteiger partial charge in [0.1, 0.15) is 5.75 Å². The summed E-state index contributed by atoms with van der Waals surface area (Å²) in [4.78, 5) is 0. The van der Waals surface area contributed by atoms with E-state index in [9.17, 15) is 21.6 Å². The first-order chi connectivity index (χ1) is 20.7. The van der Waals surface area contributed by atoms with Crippen LogP contribution in [0.15, 0.2) is 127 Å². The van der Waals surface area contributed by atoms with Crippen LogP contribution in [-0.2, 0) is 15.5 Å². The number of halogens is 3. The molecule has 8 rings (SSSR count). The van der Waals surface area contributed by atoms with Gasteiger partial charge in [-0.2, -0.15) is 21.6 Å². The molecule has 0 saturated heterocycles. The monoisotopic (exact) mass is 590 g/mol. The van der Waals surface area contributed by atoms with Gasteiger partial charge >= 0.3 is 15.6 Å². The van der Waals surface area contributed by atoms with Crippen LogP contribution in [0.2, 0.25) is 0 Å². The van der Waals surface area contributed by atoms with Gasteiger partial charge in [-0.05, 0) is 84.6 Å². The maximum Gasteiger partial charge on any atom is 0.534 e. The molecule has 0 heterocycles. The van der Waals surface area contributed by atoms with Gasteiger partial charge in [0.05, 0.1) is 5.41 Å². The highest BCUT2D eigenvalue weighted by atomic mass is 32.2. The molecule has 43 heavy (non-hydrogen) atoms. The molecule has 1 spiro atoms. The third kappa shape index (κ3) is 3.52. The van der Waals surface area contributed by atoms with E-state index >= 15 is 0 Å². The van der Waals surface area contributed by atoms with Crippen molar-refractivity contribution in [1.29, 1.82) is 0 Å². The fourth-order valence-corrected chi connectivity index (χ4v) is 7.44. The van der Waals surface area contributed by atoms with Gasteiger partial charge in [-0.25, -0.2) is 0 Å². The maximum atomic E-state index is 13.1. The van der Waals surface area contributed by atoms with Crippen LogP contribution in [0.4, 0.5) is 13.2 Å². The van der Waals surface area contributed by atoms with Crippen molar-refractivity contribution in [1.82, 2.24) is 0 Å². The fraction of sp³-hybridized carbons (Fsp3) is 0.0556. The van der Waals surface area contributed by atoms with Gasteiger partial charge < -0.3 is 4.18 Å². The van der Waals surface area contributed by atoms with E-state index in [4.69, 9.17) is 0 Å². The van der Waals surface area contributed by atoms with Gasteiger partial charge in [0, 0.05) is 0 Å². The Morgan fingerprint density at radius 1 is 0.558 bits per heavy atom. The van der Waals surface area contributed by atoms with E-state index in [1.54, 1.807) is 6.07 Å². The van der Waals surface area contributed by atoms with E-state index in [0.29, 0.717) is 5.39 Å². The van der Waals surface area contributed by atoms with Crippen molar-refractivity contribution in [2.75, 3.05) is 0 Å². The molecule has 7 heteroatoms. The third-order valence-electron chi connectivity index (χ3n) is 8.63. The van der Waals surface area contributed by atoms with Crippen molar-refractivity contribution in [3.05, 3.63) is 150 Å². The first-order valence-corrected chi connectivity index (χ1v) is 15.1. The van der Waals surface area contributed by atoms with Gasteiger partial charge in [0.2, 0.25) is 0 Å². The minimum absolute atomic E-state index is 0.395. The number of hydrogen-bond acceptors (Lipinski definition) is 3. The van der Waals surface area contributed by atoms with E-state index in [0.717, 1.165) is 61.0 Å². The molecular weight excluding hydrogens is 569 g/mol. The Labute approximate surface area is 246 Å². The third-order valence-corrected chi connectivity index (χ3v) is 9.61. The predicted octanol–water partition coefficient (Wildman–Crippen LogP) is 9.08.